The minimum absolute atomic E-state index is 0.103. The van der Waals surface area contributed by atoms with E-state index in [1.807, 2.05) is 18.2 Å². The highest BCUT2D eigenvalue weighted by atomic mass is 32.2. The number of para-hydroxylation sites is 1. The maximum atomic E-state index is 13.6. The predicted octanol–water partition coefficient (Wildman–Crippen LogP) is 6.58. The number of rotatable bonds is 5. The van der Waals surface area contributed by atoms with Crippen molar-refractivity contribution >= 4 is 20.9 Å². The molecule has 34 heavy (non-hydrogen) atoms. The maximum absolute atomic E-state index is 13.6. The zero-order chi connectivity index (χ0) is 24.7. The van der Waals surface area contributed by atoms with Crippen molar-refractivity contribution < 1.29 is 21.6 Å². The summed E-state index contributed by atoms with van der Waals surface area (Å²) in [5.74, 6) is 0. The van der Waals surface area contributed by atoms with Crippen LogP contribution in [0.1, 0.15) is 25.0 Å². The highest BCUT2D eigenvalue weighted by Gasteiger charge is 2.33. The average molecular weight is 485 g/mol. The van der Waals surface area contributed by atoms with Crippen LogP contribution in [0, 0.1) is 6.92 Å². The quantitative estimate of drug-likeness (QED) is 0.348. The molecule has 176 valence electrons. The molecule has 0 bridgehead atoms. The zero-order valence-electron chi connectivity index (χ0n) is 18.8. The van der Waals surface area contributed by atoms with Crippen molar-refractivity contribution in [1.29, 1.82) is 0 Å². The molecule has 4 rings (SSSR count). The minimum atomic E-state index is -4.52. The second-order valence-corrected chi connectivity index (χ2v) is 10.1. The first-order valence-corrected chi connectivity index (χ1v) is 12.1. The molecule has 1 N–H and O–H groups in total. The lowest BCUT2D eigenvalue weighted by atomic mass is 9.93. The Hall–Kier alpha value is -3.23. The molecule has 8 heteroatoms. The third-order valence-corrected chi connectivity index (χ3v) is 7.07. The fourth-order valence-electron chi connectivity index (χ4n) is 4.01. The molecule has 0 spiro atoms. The van der Waals surface area contributed by atoms with Gasteiger partial charge in [-0.05, 0) is 72.9 Å². The van der Waals surface area contributed by atoms with E-state index >= 15 is 0 Å². The van der Waals surface area contributed by atoms with E-state index in [1.165, 1.54) is 18.3 Å². The van der Waals surface area contributed by atoms with Gasteiger partial charge >= 0.3 is 6.18 Å². The van der Waals surface area contributed by atoms with Gasteiger partial charge in [0, 0.05) is 17.6 Å². The number of hydrogen-bond acceptors (Lipinski definition) is 3. The third kappa shape index (κ3) is 4.69. The zero-order valence-corrected chi connectivity index (χ0v) is 19.6. The first-order chi connectivity index (χ1) is 16.0. The van der Waals surface area contributed by atoms with Gasteiger partial charge in [-0.15, -0.1) is 0 Å². The van der Waals surface area contributed by atoms with Gasteiger partial charge in [-0.1, -0.05) is 42.5 Å². The molecule has 3 aromatic carbocycles. The standard InChI is InChI=1S/C26H23F3N2O2S/c1-16(2)31-34(32,33)21-10-5-8-19(14-21)18-7-4-9-20(13-18)24-17(3)15-30-25-22(24)11-6-12-23(25)26(27,28)29/h4-16,31H,1-3H3. The fraction of sp³-hybridized carbons (Fsp3) is 0.192. The van der Waals surface area contributed by atoms with Crippen molar-refractivity contribution in [3.63, 3.8) is 0 Å². The molecule has 1 heterocycles. The molecule has 0 radical (unpaired) electrons. The van der Waals surface area contributed by atoms with Crippen LogP contribution >= 0.6 is 0 Å². The van der Waals surface area contributed by atoms with E-state index in [0.29, 0.717) is 16.5 Å². The number of aromatic nitrogens is 1. The van der Waals surface area contributed by atoms with E-state index in [4.69, 9.17) is 0 Å². The molecule has 4 nitrogen and oxygen atoms in total. The fourth-order valence-corrected chi connectivity index (χ4v) is 5.31. The maximum Gasteiger partial charge on any atom is 0.418 e. The summed E-state index contributed by atoms with van der Waals surface area (Å²) in [5, 5.41) is 0.407. The van der Waals surface area contributed by atoms with Crippen molar-refractivity contribution in [3.8, 4) is 22.3 Å². The summed E-state index contributed by atoms with van der Waals surface area (Å²) in [6.45, 7) is 5.30. The topological polar surface area (TPSA) is 59.1 Å². The first-order valence-electron chi connectivity index (χ1n) is 10.7. The molecule has 0 amide bonds. The van der Waals surface area contributed by atoms with E-state index < -0.39 is 21.8 Å². The van der Waals surface area contributed by atoms with Crippen LogP contribution in [0.15, 0.2) is 77.8 Å². The molecule has 0 fully saturated rings. The summed E-state index contributed by atoms with van der Waals surface area (Å²) in [7, 11) is -3.67. The largest absolute Gasteiger partial charge is 0.418 e. The normalized spacial score (nSPS) is 12.4. The van der Waals surface area contributed by atoms with Crippen molar-refractivity contribution in [3.05, 3.63) is 84.1 Å². The van der Waals surface area contributed by atoms with Gasteiger partial charge in [0.25, 0.3) is 0 Å². The van der Waals surface area contributed by atoms with Crippen LogP contribution in [0.25, 0.3) is 33.2 Å². The Balaban J connectivity index is 1.85. The van der Waals surface area contributed by atoms with Crippen LogP contribution in [-0.2, 0) is 16.2 Å². The number of nitrogens with zero attached hydrogens (tertiary/aromatic N) is 1. The number of alkyl halides is 3. The van der Waals surface area contributed by atoms with Gasteiger partial charge < -0.3 is 0 Å². The smallest absolute Gasteiger partial charge is 0.255 e. The van der Waals surface area contributed by atoms with Crippen molar-refractivity contribution in [1.82, 2.24) is 9.71 Å². The Morgan fingerprint density at radius 3 is 2.18 bits per heavy atom. The third-order valence-electron chi connectivity index (χ3n) is 5.41. The van der Waals surface area contributed by atoms with Crippen LogP contribution in [-0.4, -0.2) is 19.4 Å². The number of benzene rings is 3. The van der Waals surface area contributed by atoms with Gasteiger partial charge in [-0.2, -0.15) is 13.2 Å². The number of hydrogen-bond donors (Lipinski definition) is 1. The number of pyridine rings is 1. The lowest BCUT2D eigenvalue weighted by Gasteiger charge is -2.15. The molecule has 0 saturated heterocycles. The summed E-state index contributed by atoms with van der Waals surface area (Å²) in [6.07, 6.45) is -3.07. The van der Waals surface area contributed by atoms with Gasteiger partial charge in [-0.3, -0.25) is 4.98 Å². The van der Waals surface area contributed by atoms with Crippen LogP contribution in [0.5, 0.6) is 0 Å². The second-order valence-electron chi connectivity index (χ2n) is 8.40. The van der Waals surface area contributed by atoms with Crippen molar-refractivity contribution in [2.45, 2.75) is 37.9 Å². The van der Waals surface area contributed by atoms with Crippen molar-refractivity contribution in [2.75, 3.05) is 0 Å². The molecule has 0 atom stereocenters. The number of fused-ring (bicyclic) bond motifs is 1. The van der Waals surface area contributed by atoms with E-state index in [1.54, 1.807) is 51.1 Å². The number of halogens is 3. The lowest BCUT2D eigenvalue weighted by molar-refractivity contribution is -0.136. The van der Waals surface area contributed by atoms with E-state index in [9.17, 15) is 21.6 Å². The molecule has 4 aromatic rings. The first kappa shape index (κ1) is 23.9. The van der Waals surface area contributed by atoms with Crippen molar-refractivity contribution in [2.24, 2.45) is 0 Å². The number of sulfonamides is 1. The van der Waals surface area contributed by atoms with Crippen LogP contribution in [0.3, 0.4) is 0 Å². The summed E-state index contributed by atoms with van der Waals surface area (Å²) in [6, 6.07) is 17.7. The summed E-state index contributed by atoms with van der Waals surface area (Å²) < 4.78 is 68.5. The molecule has 0 aliphatic rings. The van der Waals surface area contributed by atoms with Crippen LogP contribution in [0.2, 0.25) is 0 Å². The van der Waals surface area contributed by atoms with E-state index in [2.05, 4.69) is 9.71 Å². The monoisotopic (exact) mass is 484 g/mol. The van der Waals surface area contributed by atoms with E-state index in [-0.39, 0.29) is 16.5 Å². The molecular weight excluding hydrogens is 461 g/mol. The van der Waals surface area contributed by atoms with Crippen LogP contribution in [0.4, 0.5) is 13.2 Å². The molecule has 0 saturated carbocycles. The Morgan fingerprint density at radius 2 is 1.50 bits per heavy atom. The average Bonchev–Trinajstić information content (AvgIpc) is 2.77. The van der Waals surface area contributed by atoms with Gasteiger partial charge in [0.05, 0.1) is 16.0 Å². The van der Waals surface area contributed by atoms with Gasteiger partial charge in [0.2, 0.25) is 10.0 Å². The highest BCUT2D eigenvalue weighted by molar-refractivity contribution is 7.89. The number of nitrogens with one attached hydrogen (secondary N) is 1. The predicted molar refractivity (Wildman–Crippen MR) is 128 cm³/mol. The lowest BCUT2D eigenvalue weighted by Crippen LogP contribution is -2.30. The second kappa shape index (κ2) is 8.85. The molecule has 0 aliphatic heterocycles. The highest BCUT2D eigenvalue weighted by Crippen LogP contribution is 2.39. The Kier molecular flexibility index (Phi) is 6.22. The van der Waals surface area contributed by atoms with Gasteiger partial charge in [-0.25, -0.2) is 13.1 Å². The number of aryl methyl sites for hydroxylation is 1. The molecule has 0 aliphatic carbocycles. The Labute approximate surface area is 196 Å². The van der Waals surface area contributed by atoms with Crippen LogP contribution < -0.4 is 4.72 Å². The summed E-state index contributed by atoms with van der Waals surface area (Å²) >= 11 is 0. The minimum Gasteiger partial charge on any atom is -0.255 e. The molecule has 0 unspecified atom stereocenters. The molecule has 1 aromatic heterocycles. The Morgan fingerprint density at radius 1 is 0.882 bits per heavy atom. The molecular formula is C26H23F3N2O2S. The van der Waals surface area contributed by atoms with E-state index in [0.717, 1.165) is 22.8 Å². The summed E-state index contributed by atoms with van der Waals surface area (Å²) in [5.41, 5.74) is 2.66. The Bertz CT molecular complexity index is 1480. The van der Waals surface area contributed by atoms with Gasteiger partial charge in [0.15, 0.2) is 0 Å². The summed E-state index contributed by atoms with van der Waals surface area (Å²) in [4.78, 5) is 4.23. The van der Waals surface area contributed by atoms with Gasteiger partial charge in [0.1, 0.15) is 0 Å². The SMILES string of the molecule is Cc1cnc2c(C(F)(F)F)cccc2c1-c1cccc(-c2cccc(S(=O)(=O)NC(C)C)c2)c1.